The SMILES string of the molecule is Cc1ccc(NC(C)CCc2ccccc2)cc1F. The molecule has 0 aliphatic carbocycles. The van der Waals surface area contributed by atoms with Gasteiger partial charge in [0.15, 0.2) is 0 Å². The summed E-state index contributed by atoms with van der Waals surface area (Å²) in [5.74, 6) is -0.153. The summed E-state index contributed by atoms with van der Waals surface area (Å²) in [6.07, 6.45) is 2.06. The molecule has 0 aromatic heterocycles. The van der Waals surface area contributed by atoms with Crippen LogP contribution in [0.1, 0.15) is 24.5 Å². The zero-order valence-electron chi connectivity index (χ0n) is 11.5. The number of nitrogens with one attached hydrogen (secondary N) is 1. The van der Waals surface area contributed by atoms with Crippen LogP contribution in [0.15, 0.2) is 48.5 Å². The smallest absolute Gasteiger partial charge is 0.128 e. The van der Waals surface area contributed by atoms with Crippen molar-refractivity contribution in [1.29, 1.82) is 0 Å². The second-order valence-electron chi connectivity index (χ2n) is 5.03. The summed E-state index contributed by atoms with van der Waals surface area (Å²) in [5.41, 5.74) is 2.87. The predicted molar refractivity (Wildman–Crippen MR) is 79.0 cm³/mol. The highest BCUT2D eigenvalue weighted by atomic mass is 19.1. The van der Waals surface area contributed by atoms with Crippen molar-refractivity contribution >= 4 is 5.69 Å². The van der Waals surface area contributed by atoms with Crippen LogP contribution in [-0.2, 0) is 6.42 Å². The van der Waals surface area contributed by atoms with Crippen molar-refractivity contribution in [3.8, 4) is 0 Å². The van der Waals surface area contributed by atoms with E-state index < -0.39 is 0 Å². The van der Waals surface area contributed by atoms with Gasteiger partial charge in [-0.3, -0.25) is 0 Å². The summed E-state index contributed by atoms with van der Waals surface area (Å²) in [7, 11) is 0. The van der Waals surface area contributed by atoms with E-state index in [1.807, 2.05) is 18.2 Å². The van der Waals surface area contributed by atoms with Crippen molar-refractivity contribution in [2.75, 3.05) is 5.32 Å². The Labute approximate surface area is 114 Å². The minimum absolute atomic E-state index is 0.153. The number of halogens is 1. The van der Waals surface area contributed by atoms with E-state index in [1.54, 1.807) is 13.0 Å². The number of rotatable bonds is 5. The molecule has 2 aromatic rings. The molecule has 2 aromatic carbocycles. The Morgan fingerprint density at radius 2 is 1.84 bits per heavy atom. The maximum atomic E-state index is 13.4. The van der Waals surface area contributed by atoms with E-state index in [0.717, 1.165) is 18.5 Å². The summed E-state index contributed by atoms with van der Waals surface area (Å²) < 4.78 is 13.4. The van der Waals surface area contributed by atoms with Crippen LogP contribution in [0.5, 0.6) is 0 Å². The van der Waals surface area contributed by atoms with E-state index in [4.69, 9.17) is 0 Å². The largest absolute Gasteiger partial charge is 0.382 e. The number of benzene rings is 2. The second-order valence-corrected chi connectivity index (χ2v) is 5.03. The van der Waals surface area contributed by atoms with Crippen molar-refractivity contribution in [2.24, 2.45) is 0 Å². The zero-order chi connectivity index (χ0) is 13.7. The number of hydrogen-bond acceptors (Lipinski definition) is 1. The third-order valence-corrected chi connectivity index (χ3v) is 3.29. The molecule has 2 heteroatoms. The van der Waals surface area contributed by atoms with Gasteiger partial charge < -0.3 is 5.32 Å². The molecule has 1 nitrogen and oxygen atoms in total. The first kappa shape index (κ1) is 13.6. The van der Waals surface area contributed by atoms with Gasteiger partial charge in [0.1, 0.15) is 5.82 Å². The molecular formula is C17H20FN. The molecule has 1 N–H and O–H groups in total. The van der Waals surface area contributed by atoms with Gasteiger partial charge in [-0.1, -0.05) is 36.4 Å². The molecule has 0 saturated carbocycles. The Morgan fingerprint density at radius 3 is 2.53 bits per heavy atom. The molecule has 0 heterocycles. The molecular weight excluding hydrogens is 237 g/mol. The van der Waals surface area contributed by atoms with E-state index in [0.29, 0.717) is 11.6 Å². The van der Waals surface area contributed by atoms with Crippen LogP contribution >= 0.6 is 0 Å². The molecule has 1 atom stereocenters. The fourth-order valence-corrected chi connectivity index (χ4v) is 2.07. The lowest BCUT2D eigenvalue weighted by molar-refractivity contribution is 0.618. The summed E-state index contributed by atoms with van der Waals surface area (Å²) in [6.45, 7) is 3.90. The van der Waals surface area contributed by atoms with Crippen molar-refractivity contribution < 1.29 is 4.39 Å². The summed E-state index contributed by atoms with van der Waals surface area (Å²) >= 11 is 0. The highest BCUT2D eigenvalue weighted by molar-refractivity contribution is 5.45. The van der Waals surface area contributed by atoms with Crippen LogP contribution < -0.4 is 5.32 Å². The van der Waals surface area contributed by atoms with Crippen LogP contribution in [0.3, 0.4) is 0 Å². The third kappa shape index (κ3) is 4.09. The van der Waals surface area contributed by atoms with Crippen LogP contribution in [0.4, 0.5) is 10.1 Å². The van der Waals surface area contributed by atoms with Gasteiger partial charge >= 0.3 is 0 Å². The van der Waals surface area contributed by atoms with Gasteiger partial charge in [0, 0.05) is 11.7 Å². The first-order valence-electron chi connectivity index (χ1n) is 6.72. The van der Waals surface area contributed by atoms with Gasteiger partial charge in [-0.15, -0.1) is 0 Å². The fourth-order valence-electron chi connectivity index (χ4n) is 2.07. The minimum Gasteiger partial charge on any atom is -0.382 e. The van der Waals surface area contributed by atoms with E-state index in [9.17, 15) is 4.39 Å². The Hall–Kier alpha value is -1.83. The Kier molecular flexibility index (Phi) is 4.56. The maximum Gasteiger partial charge on any atom is 0.128 e. The van der Waals surface area contributed by atoms with Gasteiger partial charge in [-0.2, -0.15) is 0 Å². The average Bonchev–Trinajstić information content (AvgIpc) is 2.42. The summed E-state index contributed by atoms with van der Waals surface area (Å²) in [4.78, 5) is 0. The molecule has 0 bridgehead atoms. The molecule has 0 amide bonds. The van der Waals surface area contributed by atoms with Crippen LogP contribution in [0.25, 0.3) is 0 Å². The van der Waals surface area contributed by atoms with Gasteiger partial charge in [-0.25, -0.2) is 4.39 Å². The molecule has 0 saturated heterocycles. The quantitative estimate of drug-likeness (QED) is 0.827. The predicted octanol–water partition coefficient (Wildman–Crippen LogP) is 4.57. The lowest BCUT2D eigenvalue weighted by Gasteiger charge is -2.15. The van der Waals surface area contributed by atoms with Crippen molar-refractivity contribution in [3.05, 3.63) is 65.5 Å². The fraction of sp³-hybridized carbons (Fsp3) is 0.294. The molecule has 0 radical (unpaired) electrons. The monoisotopic (exact) mass is 257 g/mol. The second kappa shape index (κ2) is 6.37. The number of anilines is 1. The summed E-state index contributed by atoms with van der Waals surface area (Å²) in [6, 6.07) is 16.0. The van der Waals surface area contributed by atoms with Gasteiger partial charge in [0.25, 0.3) is 0 Å². The van der Waals surface area contributed by atoms with Crippen LogP contribution in [-0.4, -0.2) is 6.04 Å². The van der Waals surface area contributed by atoms with Crippen molar-refractivity contribution in [1.82, 2.24) is 0 Å². The van der Waals surface area contributed by atoms with Gasteiger partial charge in [0.2, 0.25) is 0 Å². The number of hydrogen-bond donors (Lipinski definition) is 1. The van der Waals surface area contributed by atoms with Crippen molar-refractivity contribution in [3.63, 3.8) is 0 Å². The normalized spacial score (nSPS) is 12.2. The first-order valence-corrected chi connectivity index (χ1v) is 6.72. The molecule has 0 aliphatic heterocycles. The molecule has 19 heavy (non-hydrogen) atoms. The maximum absolute atomic E-state index is 13.4. The molecule has 100 valence electrons. The van der Waals surface area contributed by atoms with Crippen molar-refractivity contribution in [2.45, 2.75) is 32.7 Å². The van der Waals surface area contributed by atoms with E-state index in [2.05, 4.69) is 36.5 Å². The zero-order valence-corrected chi connectivity index (χ0v) is 11.5. The third-order valence-electron chi connectivity index (χ3n) is 3.29. The Bertz CT molecular complexity index is 522. The minimum atomic E-state index is -0.153. The molecule has 0 spiro atoms. The lowest BCUT2D eigenvalue weighted by Crippen LogP contribution is -2.16. The first-order chi connectivity index (χ1) is 9.15. The number of aryl methyl sites for hydroxylation is 2. The molecule has 2 rings (SSSR count). The van der Waals surface area contributed by atoms with E-state index in [-0.39, 0.29) is 5.82 Å². The Balaban J connectivity index is 1.87. The standard InChI is InChI=1S/C17H20FN/c1-13-8-11-16(12-17(13)18)19-14(2)9-10-15-6-4-3-5-7-15/h3-8,11-12,14,19H,9-10H2,1-2H3. The highest BCUT2D eigenvalue weighted by Gasteiger charge is 2.04. The molecule has 0 fully saturated rings. The van der Waals surface area contributed by atoms with Gasteiger partial charge in [-0.05, 0) is 49.9 Å². The molecule has 0 aliphatic rings. The Morgan fingerprint density at radius 1 is 1.11 bits per heavy atom. The van der Waals surface area contributed by atoms with Gasteiger partial charge in [0.05, 0.1) is 0 Å². The summed E-state index contributed by atoms with van der Waals surface area (Å²) in [5, 5.41) is 3.34. The van der Waals surface area contributed by atoms with E-state index >= 15 is 0 Å². The highest BCUT2D eigenvalue weighted by Crippen LogP contribution is 2.16. The lowest BCUT2D eigenvalue weighted by atomic mass is 10.1. The van der Waals surface area contributed by atoms with Crippen LogP contribution in [0.2, 0.25) is 0 Å². The average molecular weight is 257 g/mol. The van der Waals surface area contributed by atoms with Crippen LogP contribution in [0, 0.1) is 12.7 Å². The van der Waals surface area contributed by atoms with E-state index in [1.165, 1.54) is 5.56 Å². The topological polar surface area (TPSA) is 12.0 Å². The molecule has 1 unspecified atom stereocenters.